The third kappa shape index (κ3) is 4.55. The molecule has 1 amide bonds. The number of carbonyl (C=O) groups is 1. The monoisotopic (exact) mass is 464 g/mol. The first-order chi connectivity index (χ1) is 16.5. The Bertz CT molecular complexity index is 1160. The molecular formula is C27H36N4O3. The number of para-hydroxylation sites is 3. The van der Waals surface area contributed by atoms with Gasteiger partial charge in [0.2, 0.25) is 5.91 Å². The molecule has 182 valence electrons. The van der Waals surface area contributed by atoms with Crippen molar-refractivity contribution in [3.8, 4) is 0 Å². The number of ether oxygens (including phenoxy) is 1. The van der Waals surface area contributed by atoms with Gasteiger partial charge in [-0.25, -0.2) is 4.79 Å². The van der Waals surface area contributed by atoms with Crippen LogP contribution in [-0.4, -0.2) is 58.8 Å². The minimum absolute atomic E-state index is 0.0539. The van der Waals surface area contributed by atoms with Crippen molar-refractivity contribution in [2.75, 3.05) is 38.3 Å². The minimum Gasteiger partial charge on any atom is -0.382 e. The lowest BCUT2D eigenvalue weighted by molar-refractivity contribution is -0.120. The number of fused-ring (bicyclic) bond motifs is 1. The van der Waals surface area contributed by atoms with Gasteiger partial charge in [0.25, 0.3) is 0 Å². The van der Waals surface area contributed by atoms with Gasteiger partial charge in [-0.3, -0.25) is 13.9 Å². The van der Waals surface area contributed by atoms with E-state index in [1.54, 1.807) is 7.11 Å². The molecule has 0 saturated carbocycles. The highest BCUT2D eigenvalue weighted by Gasteiger charge is 2.42. The number of methoxy groups -OCH3 is 1. The minimum atomic E-state index is -0.366. The van der Waals surface area contributed by atoms with Gasteiger partial charge in [0.15, 0.2) is 0 Å². The Morgan fingerprint density at radius 1 is 0.941 bits per heavy atom. The molecule has 0 radical (unpaired) electrons. The van der Waals surface area contributed by atoms with E-state index in [1.807, 2.05) is 82.5 Å². The molecule has 0 N–H and O–H groups in total. The van der Waals surface area contributed by atoms with Crippen LogP contribution in [0.5, 0.6) is 0 Å². The Morgan fingerprint density at radius 2 is 1.56 bits per heavy atom. The number of aryl methyl sites for hydroxylation is 1. The first kappa shape index (κ1) is 24.2. The van der Waals surface area contributed by atoms with Crippen molar-refractivity contribution in [2.45, 2.75) is 51.7 Å². The van der Waals surface area contributed by atoms with E-state index in [0.717, 1.165) is 49.2 Å². The first-order valence-corrected chi connectivity index (χ1v) is 12.3. The van der Waals surface area contributed by atoms with Crippen LogP contribution >= 0.6 is 0 Å². The number of benzene rings is 2. The number of hydrogen-bond acceptors (Lipinski definition) is 4. The van der Waals surface area contributed by atoms with Crippen molar-refractivity contribution in [1.82, 2.24) is 14.0 Å². The molecule has 0 bridgehead atoms. The van der Waals surface area contributed by atoms with Crippen molar-refractivity contribution >= 4 is 22.6 Å². The fourth-order valence-electron chi connectivity index (χ4n) is 5.35. The van der Waals surface area contributed by atoms with Crippen LogP contribution in [0.2, 0.25) is 0 Å². The normalized spacial score (nSPS) is 16.1. The summed E-state index contributed by atoms with van der Waals surface area (Å²) in [7, 11) is 1.71. The van der Waals surface area contributed by atoms with Crippen molar-refractivity contribution in [2.24, 2.45) is 0 Å². The zero-order valence-corrected chi connectivity index (χ0v) is 20.6. The third-order valence-corrected chi connectivity index (χ3v) is 7.12. The van der Waals surface area contributed by atoms with Crippen LogP contribution in [-0.2, 0) is 22.6 Å². The van der Waals surface area contributed by atoms with Crippen molar-refractivity contribution in [3.05, 3.63) is 65.1 Å². The molecule has 1 fully saturated rings. The molecule has 1 aliphatic rings. The molecule has 2 aromatic carbocycles. The van der Waals surface area contributed by atoms with Crippen LogP contribution in [0.3, 0.4) is 0 Å². The smallest absolute Gasteiger partial charge is 0.329 e. The zero-order valence-electron chi connectivity index (χ0n) is 20.6. The third-order valence-electron chi connectivity index (χ3n) is 7.12. The molecule has 34 heavy (non-hydrogen) atoms. The van der Waals surface area contributed by atoms with Gasteiger partial charge in [0.05, 0.1) is 23.2 Å². The SMILES string of the molecule is CCC(=O)N(c1ccccc1)C1(COC)CCN(CCn2c(=O)n(CC)c3ccccc32)CC1. The molecule has 7 nitrogen and oxygen atoms in total. The number of rotatable bonds is 9. The predicted molar refractivity (Wildman–Crippen MR) is 136 cm³/mol. The summed E-state index contributed by atoms with van der Waals surface area (Å²) in [6.07, 6.45) is 2.11. The van der Waals surface area contributed by atoms with E-state index in [0.29, 0.717) is 26.1 Å². The highest BCUT2D eigenvalue weighted by molar-refractivity contribution is 5.94. The molecule has 1 aliphatic heterocycles. The van der Waals surface area contributed by atoms with E-state index in [2.05, 4.69) is 4.90 Å². The Morgan fingerprint density at radius 3 is 2.15 bits per heavy atom. The summed E-state index contributed by atoms with van der Waals surface area (Å²) in [6, 6.07) is 17.9. The van der Waals surface area contributed by atoms with E-state index in [4.69, 9.17) is 4.74 Å². The molecule has 2 heterocycles. The number of amides is 1. The second-order valence-corrected chi connectivity index (χ2v) is 9.08. The molecule has 1 aromatic heterocycles. The average molecular weight is 465 g/mol. The fourth-order valence-corrected chi connectivity index (χ4v) is 5.35. The highest BCUT2D eigenvalue weighted by atomic mass is 16.5. The van der Waals surface area contributed by atoms with Crippen molar-refractivity contribution < 1.29 is 9.53 Å². The lowest BCUT2D eigenvalue weighted by Gasteiger charge is -2.48. The van der Waals surface area contributed by atoms with E-state index >= 15 is 0 Å². The van der Waals surface area contributed by atoms with Crippen LogP contribution < -0.4 is 10.6 Å². The van der Waals surface area contributed by atoms with E-state index in [9.17, 15) is 9.59 Å². The van der Waals surface area contributed by atoms with E-state index < -0.39 is 0 Å². The topological polar surface area (TPSA) is 59.7 Å². The summed E-state index contributed by atoms with van der Waals surface area (Å²) in [5.74, 6) is 0.121. The second kappa shape index (κ2) is 10.6. The Balaban J connectivity index is 1.51. The summed E-state index contributed by atoms with van der Waals surface area (Å²) in [4.78, 5) is 30.5. The van der Waals surface area contributed by atoms with Gasteiger partial charge >= 0.3 is 5.69 Å². The van der Waals surface area contributed by atoms with Crippen LogP contribution in [0.4, 0.5) is 5.69 Å². The Hall–Kier alpha value is -2.90. The number of aromatic nitrogens is 2. The van der Waals surface area contributed by atoms with Crippen LogP contribution in [0.15, 0.2) is 59.4 Å². The average Bonchev–Trinajstić information content (AvgIpc) is 3.14. The zero-order chi connectivity index (χ0) is 24.1. The van der Waals surface area contributed by atoms with E-state index in [-0.39, 0.29) is 17.1 Å². The first-order valence-electron chi connectivity index (χ1n) is 12.3. The van der Waals surface area contributed by atoms with Crippen LogP contribution in [0, 0.1) is 0 Å². The van der Waals surface area contributed by atoms with Gasteiger partial charge < -0.3 is 14.5 Å². The summed E-state index contributed by atoms with van der Waals surface area (Å²) < 4.78 is 9.40. The predicted octanol–water partition coefficient (Wildman–Crippen LogP) is 3.75. The number of anilines is 1. The van der Waals surface area contributed by atoms with Crippen LogP contribution in [0.1, 0.15) is 33.1 Å². The van der Waals surface area contributed by atoms with E-state index in [1.165, 1.54) is 0 Å². The maximum Gasteiger partial charge on any atom is 0.329 e. The summed E-state index contributed by atoms with van der Waals surface area (Å²) >= 11 is 0. The summed E-state index contributed by atoms with van der Waals surface area (Å²) in [5, 5.41) is 0. The molecule has 1 saturated heterocycles. The maximum atomic E-state index is 13.1. The Labute approximate surface area is 201 Å². The quantitative estimate of drug-likeness (QED) is 0.484. The molecule has 3 aromatic rings. The fraction of sp³-hybridized carbons (Fsp3) is 0.481. The second-order valence-electron chi connectivity index (χ2n) is 9.08. The Kier molecular flexibility index (Phi) is 7.54. The molecular weight excluding hydrogens is 428 g/mol. The van der Waals surface area contributed by atoms with Gasteiger partial charge in [-0.05, 0) is 44.0 Å². The number of imidazole rings is 1. The summed E-state index contributed by atoms with van der Waals surface area (Å²) in [6.45, 7) is 8.25. The standard InChI is InChI=1S/C27H36N4O3/c1-4-25(32)31(22-11-7-6-8-12-22)27(21-34-3)15-17-28(18-16-27)19-20-30-24-14-10-9-13-23(24)29(5-2)26(30)33/h6-14H,4-5,15-21H2,1-3H3. The number of piperidine rings is 1. The van der Waals surface area contributed by atoms with Gasteiger partial charge in [0, 0.05) is 51.9 Å². The van der Waals surface area contributed by atoms with Crippen molar-refractivity contribution in [3.63, 3.8) is 0 Å². The number of hydrogen-bond donors (Lipinski definition) is 0. The lowest BCUT2D eigenvalue weighted by atomic mass is 9.85. The summed E-state index contributed by atoms with van der Waals surface area (Å²) in [5.41, 5.74) is 2.60. The number of likely N-dealkylation sites (tertiary alicyclic amines) is 1. The van der Waals surface area contributed by atoms with Crippen molar-refractivity contribution in [1.29, 1.82) is 0 Å². The molecule has 7 heteroatoms. The largest absolute Gasteiger partial charge is 0.382 e. The molecule has 0 aliphatic carbocycles. The molecule has 0 atom stereocenters. The maximum absolute atomic E-state index is 13.1. The molecule has 4 rings (SSSR count). The highest BCUT2D eigenvalue weighted by Crippen LogP contribution is 2.34. The number of nitrogens with zero attached hydrogens (tertiary/aromatic N) is 4. The lowest BCUT2D eigenvalue weighted by Crippen LogP contribution is -2.60. The van der Waals surface area contributed by atoms with Crippen LogP contribution in [0.25, 0.3) is 11.0 Å². The van der Waals surface area contributed by atoms with Gasteiger partial charge in [-0.1, -0.05) is 37.3 Å². The van der Waals surface area contributed by atoms with Gasteiger partial charge in [-0.15, -0.1) is 0 Å². The van der Waals surface area contributed by atoms with Gasteiger partial charge in [-0.2, -0.15) is 0 Å². The molecule has 0 unspecified atom stereocenters. The van der Waals surface area contributed by atoms with Gasteiger partial charge in [0.1, 0.15) is 0 Å². The molecule has 0 spiro atoms. The number of carbonyl (C=O) groups excluding carboxylic acids is 1.